The number of benzene rings is 1. The predicted molar refractivity (Wildman–Crippen MR) is 90.7 cm³/mol. The number of hydrogen-bond donors (Lipinski definition) is 1. The Morgan fingerprint density at radius 3 is 2.58 bits per heavy atom. The number of quaternary nitrogens is 1. The van der Waals surface area contributed by atoms with Crippen LogP contribution >= 0.6 is 0 Å². The number of piperazine rings is 1. The van der Waals surface area contributed by atoms with Crippen LogP contribution in [-0.4, -0.2) is 42.0 Å². The van der Waals surface area contributed by atoms with Crippen LogP contribution < -0.4 is 4.90 Å². The first-order valence-corrected chi connectivity index (χ1v) is 8.16. The van der Waals surface area contributed by atoms with E-state index in [2.05, 4.69) is 4.98 Å². The van der Waals surface area contributed by atoms with E-state index in [9.17, 15) is 9.18 Å². The molecule has 1 aromatic heterocycles. The Morgan fingerprint density at radius 1 is 1.17 bits per heavy atom. The molecule has 4 nitrogen and oxygen atoms in total. The molecule has 0 radical (unpaired) electrons. The molecular weight excluding hydrogens is 305 g/mol. The highest BCUT2D eigenvalue weighted by molar-refractivity contribution is 5.91. The Balaban J connectivity index is 1.51. The highest BCUT2D eigenvalue weighted by Crippen LogP contribution is 2.08. The van der Waals surface area contributed by atoms with E-state index in [1.54, 1.807) is 24.3 Å². The Bertz CT molecular complexity index is 710. The van der Waals surface area contributed by atoms with Crippen molar-refractivity contribution >= 4 is 12.0 Å². The van der Waals surface area contributed by atoms with E-state index < -0.39 is 0 Å². The van der Waals surface area contributed by atoms with Crippen LogP contribution in [0.5, 0.6) is 0 Å². The van der Waals surface area contributed by atoms with Crippen molar-refractivity contribution in [2.24, 2.45) is 0 Å². The van der Waals surface area contributed by atoms with E-state index in [-0.39, 0.29) is 11.7 Å². The number of carbonyl (C=O) groups excluding carboxylic acids is 1. The minimum absolute atomic E-state index is 0.0544. The minimum atomic E-state index is -0.312. The van der Waals surface area contributed by atoms with Crippen molar-refractivity contribution in [2.75, 3.05) is 26.2 Å². The lowest BCUT2D eigenvalue weighted by Gasteiger charge is -2.31. The lowest BCUT2D eigenvalue weighted by atomic mass is 10.2. The molecule has 2 aromatic rings. The van der Waals surface area contributed by atoms with Crippen molar-refractivity contribution in [2.45, 2.75) is 6.54 Å². The number of rotatable bonds is 4. The molecule has 1 fully saturated rings. The zero-order valence-electron chi connectivity index (χ0n) is 13.5. The van der Waals surface area contributed by atoms with Gasteiger partial charge in [-0.2, -0.15) is 0 Å². The zero-order valence-corrected chi connectivity index (χ0v) is 13.5. The van der Waals surface area contributed by atoms with Crippen molar-refractivity contribution in [3.63, 3.8) is 0 Å². The molecule has 1 N–H and O–H groups in total. The summed E-state index contributed by atoms with van der Waals surface area (Å²) < 4.78 is 13.6. The molecule has 2 heterocycles. The van der Waals surface area contributed by atoms with Crippen LogP contribution in [0.15, 0.2) is 54.9 Å². The predicted octanol–water partition coefficient (Wildman–Crippen LogP) is 1.16. The third kappa shape index (κ3) is 4.26. The van der Waals surface area contributed by atoms with Gasteiger partial charge in [0.2, 0.25) is 5.91 Å². The molecule has 0 unspecified atom stereocenters. The van der Waals surface area contributed by atoms with Crippen molar-refractivity contribution < 1.29 is 14.1 Å². The van der Waals surface area contributed by atoms with Gasteiger partial charge in [0, 0.05) is 29.6 Å². The Morgan fingerprint density at radius 2 is 1.88 bits per heavy atom. The lowest BCUT2D eigenvalue weighted by molar-refractivity contribution is -0.917. The fourth-order valence-corrected chi connectivity index (χ4v) is 2.89. The summed E-state index contributed by atoms with van der Waals surface area (Å²) in [6.07, 6.45) is 6.63. The van der Waals surface area contributed by atoms with Crippen LogP contribution in [0.25, 0.3) is 6.08 Å². The summed E-state index contributed by atoms with van der Waals surface area (Å²) in [6, 6.07) is 10.5. The van der Waals surface area contributed by atoms with Gasteiger partial charge < -0.3 is 9.80 Å². The van der Waals surface area contributed by atoms with Gasteiger partial charge in [0.1, 0.15) is 12.4 Å². The van der Waals surface area contributed by atoms with Crippen molar-refractivity contribution in [1.82, 2.24) is 9.88 Å². The summed E-state index contributed by atoms with van der Waals surface area (Å²) in [5.74, 6) is -0.366. The quantitative estimate of drug-likeness (QED) is 0.856. The maximum Gasteiger partial charge on any atom is 0.246 e. The normalized spacial score (nSPS) is 15.8. The molecule has 1 aromatic carbocycles. The average Bonchev–Trinajstić information content (AvgIpc) is 2.62. The third-order valence-corrected chi connectivity index (χ3v) is 4.30. The Hall–Kier alpha value is -2.53. The molecule has 24 heavy (non-hydrogen) atoms. The number of aromatic nitrogens is 1. The van der Waals surface area contributed by atoms with Gasteiger partial charge >= 0.3 is 0 Å². The molecule has 0 aliphatic carbocycles. The number of hydrogen-bond acceptors (Lipinski definition) is 2. The Labute approximate surface area is 141 Å². The molecule has 1 aliphatic heterocycles. The minimum Gasteiger partial charge on any atom is -0.328 e. The lowest BCUT2D eigenvalue weighted by Crippen LogP contribution is -3.13. The molecule has 1 saturated heterocycles. The second kappa shape index (κ2) is 7.84. The fourth-order valence-electron chi connectivity index (χ4n) is 2.89. The van der Waals surface area contributed by atoms with E-state index in [0.29, 0.717) is 5.56 Å². The van der Waals surface area contributed by atoms with Gasteiger partial charge in [-0.15, -0.1) is 0 Å². The molecule has 5 heteroatoms. The van der Waals surface area contributed by atoms with Crippen molar-refractivity contribution in [3.8, 4) is 0 Å². The molecule has 0 bridgehead atoms. The van der Waals surface area contributed by atoms with E-state index in [1.165, 1.54) is 22.6 Å². The monoisotopic (exact) mass is 326 g/mol. The summed E-state index contributed by atoms with van der Waals surface area (Å²) in [6.45, 7) is 4.24. The van der Waals surface area contributed by atoms with Gasteiger partial charge in [-0.25, -0.2) is 4.39 Å². The largest absolute Gasteiger partial charge is 0.328 e. The first kappa shape index (κ1) is 16.3. The highest BCUT2D eigenvalue weighted by atomic mass is 19.1. The first-order chi connectivity index (χ1) is 11.7. The van der Waals surface area contributed by atoms with Crippen molar-refractivity contribution in [1.29, 1.82) is 0 Å². The van der Waals surface area contributed by atoms with Crippen LogP contribution in [0.1, 0.15) is 11.1 Å². The number of nitrogens with one attached hydrogen (secondary N) is 1. The highest BCUT2D eigenvalue weighted by Gasteiger charge is 2.22. The van der Waals surface area contributed by atoms with Gasteiger partial charge in [-0.3, -0.25) is 9.78 Å². The number of carbonyl (C=O) groups is 1. The Kier molecular flexibility index (Phi) is 5.33. The summed E-state index contributed by atoms with van der Waals surface area (Å²) in [7, 11) is 0. The summed E-state index contributed by atoms with van der Waals surface area (Å²) in [5.41, 5.74) is 1.70. The molecule has 124 valence electrons. The maximum absolute atomic E-state index is 13.6. The van der Waals surface area contributed by atoms with E-state index in [1.807, 2.05) is 29.4 Å². The summed E-state index contributed by atoms with van der Waals surface area (Å²) in [5, 5.41) is 0. The van der Waals surface area contributed by atoms with Gasteiger partial charge in [-0.05, 0) is 24.3 Å². The number of halogens is 1. The zero-order chi connectivity index (χ0) is 16.8. The van der Waals surface area contributed by atoms with Gasteiger partial charge in [0.05, 0.1) is 26.2 Å². The average molecular weight is 326 g/mol. The van der Waals surface area contributed by atoms with E-state index >= 15 is 0 Å². The number of amides is 1. The standard InChI is InChI=1S/C19H20FN3O/c20-18-4-2-1-3-17(18)5-6-19(24)23-13-11-22(12-14-23)15-16-7-9-21-10-8-16/h1-10H,11-15H2/p+1/b6-5+. The van der Waals surface area contributed by atoms with Gasteiger partial charge in [-0.1, -0.05) is 18.2 Å². The van der Waals surface area contributed by atoms with Crippen LogP contribution in [0, 0.1) is 5.82 Å². The molecule has 0 spiro atoms. The number of nitrogens with zero attached hydrogens (tertiary/aromatic N) is 2. The van der Waals surface area contributed by atoms with Crippen LogP contribution in [0.3, 0.4) is 0 Å². The molecule has 1 aliphatic rings. The van der Waals surface area contributed by atoms with Crippen LogP contribution in [0.2, 0.25) is 0 Å². The molecule has 1 amide bonds. The fraction of sp³-hybridized carbons (Fsp3) is 0.263. The van der Waals surface area contributed by atoms with E-state index in [0.717, 1.165) is 32.7 Å². The summed E-state index contributed by atoms with van der Waals surface area (Å²) >= 11 is 0. The topological polar surface area (TPSA) is 37.6 Å². The van der Waals surface area contributed by atoms with Crippen LogP contribution in [0.4, 0.5) is 4.39 Å². The smallest absolute Gasteiger partial charge is 0.246 e. The van der Waals surface area contributed by atoms with Gasteiger partial charge in [0.25, 0.3) is 0 Å². The van der Waals surface area contributed by atoms with Crippen molar-refractivity contribution in [3.05, 3.63) is 71.8 Å². The van der Waals surface area contributed by atoms with Gasteiger partial charge in [0.15, 0.2) is 0 Å². The molecule has 0 saturated carbocycles. The molecule has 0 atom stereocenters. The van der Waals surface area contributed by atoms with Crippen LogP contribution in [-0.2, 0) is 11.3 Å². The third-order valence-electron chi connectivity index (χ3n) is 4.30. The second-order valence-electron chi connectivity index (χ2n) is 5.96. The SMILES string of the molecule is O=C(/C=C/c1ccccc1F)N1CC[NH+](Cc2ccncc2)CC1. The van der Waals surface area contributed by atoms with E-state index in [4.69, 9.17) is 0 Å². The maximum atomic E-state index is 13.6. The number of pyridine rings is 1. The molecule has 3 rings (SSSR count). The molecular formula is C19H21FN3O+. The summed E-state index contributed by atoms with van der Waals surface area (Å²) in [4.78, 5) is 19.6. The second-order valence-corrected chi connectivity index (χ2v) is 5.96. The first-order valence-electron chi connectivity index (χ1n) is 8.16.